The van der Waals surface area contributed by atoms with Crippen LogP contribution in [0, 0.1) is 0 Å². The van der Waals surface area contributed by atoms with E-state index < -0.39 is 0 Å². The number of benzene rings is 1. The van der Waals surface area contributed by atoms with Crippen molar-refractivity contribution in [2.75, 3.05) is 57.4 Å². The standard InChI is InChI=1S/C22H28N6O2.C2H6/c23-11-18-15-28(6-9-30-18)21-19(12-24-22-20(21)13-25-26-22)17-3-1-2-16(10-17)14-27-4-7-29-8-5-27;1-2/h1-3,10,12-13,18H,4-9,11,14-15,23H2,(H,24,25,26);1-2H3. The number of anilines is 1. The predicted octanol–water partition coefficient (Wildman–Crippen LogP) is 2.65. The van der Waals surface area contributed by atoms with Crippen molar-refractivity contribution in [3.63, 3.8) is 0 Å². The summed E-state index contributed by atoms with van der Waals surface area (Å²) < 4.78 is 11.3. The number of hydrogen-bond acceptors (Lipinski definition) is 7. The quantitative estimate of drug-likeness (QED) is 0.633. The maximum absolute atomic E-state index is 5.90. The van der Waals surface area contributed by atoms with Crippen molar-refractivity contribution in [2.24, 2.45) is 5.73 Å². The number of fused-ring (bicyclic) bond motifs is 1. The first kappa shape index (κ1) is 22.7. The van der Waals surface area contributed by atoms with Crippen LogP contribution >= 0.6 is 0 Å². The van der Waals surface area contributed by atoms with Crippen molar-refractivity contribution in [1.29, 1.82) is 0 Å². The van der Waals surface area contributed by atoms with Gasteiger partial charge in [-0.2, -0.15) is 5.10 Å². The van der Waals surface area contributed by atoms with Crippen LogP contribution in [0.15, 0.2) is 36.7 Å². The first-order chi connectivity index (χ1) is 15.8. The Kier molecular flexibility index (Phi) is 7.70. The number of rotatable bonds is 5. The molecule has 8 nitrogen and oxygen atoms in total. The van der Waals surface area contributed by atoms with Crippen LogP contribution in [0.4, 0.5) is 5.69 Å². The van der Waals surface area contributed by atoms with Gasteiger partial charge in [-0.3, -0.25) is 10.00 Å². The number of ether oxygens (including phenoxy) is 2. The van der Waals surface area contributed by atoms with E-state index in [1.165, 1.54) is 11.1 Å². The molecule has 8 heteroatoms. The molecule has 2 fully saturated rings. The fraction of sp³-hybridized carbons (Fsp3) is 0.500. The molecule has 1 unspecified atom stereocenters. The smallest absolute Gasteiger partial charge is 0.157 e. The van der Waals surface area contributed by atoms with E-state index in [4.69, 9.17) is 15.2 Å². The maximum atomic E-state index is 5.90. The van der Waals surface area contributed by atoms with E-state index in [-0.39, 0.29) is 6.10 Å². The highest BCUT2D eigenvalue weighted by atomic mass is 16.5. The fourth-order valence-corrected chi connectivity index (χ4v) is 4.36. The van der Waals surface area contributed by atoms with Crippen molar-refractivity contribution in [1.82, 2.24) is 20.1 Å². The topological polar surface area (TPSA) is 92.5 Å². The van der Waals surface area contributed by atoms with Gasteiger partial charge >= 0.3 is 0 Å². The average molecular weight is 439 g/mol. The van der Waals surface area contributed by atoms with E-state index in [0.29, 0.717) is 13.2 Å². The predicted molar refractivity (Wildman–Crippen MR) is 128 cm³/mol. The summed E-state index contributed by atoms with van der Waals surface area (Å²) >= 11 is 0. The molecule has 3 aromatic rings. The number of nitrogens with two attached hydrogens (primary N) is 1. The van der Waals surface area contributed by atoms with Crippen molar-refractivity contribution in [3.05, 3.63) is 42.2 Å². The maximum Gasteiger partial charge on any atom is 0.157 e. The summed E-state index contributed by atoms with van der Waals surface area (Å²) in [6.45, 7) is 11.3. The molecule has 2 aromatic heterocycles. The number of aromatic nitrogens is 3. The van der Waals surface area contributed by atoms with Crippen LogP contribution in [0.25, 0.3) is 22.2 Å². The van der Waals surface area contributed by atoms with Crippen LogP contribution in [0.5, 0.6) is 0 Å². The van der Waals surface area contributed by atoms with Gasteiger partial charge in [0.2, 0.25) is 0 Å². The second kappa shape index (κ2) is 10.9. The minimum absolute atomic E-state index is 0.0365. The van der Waals surface area contributed by atoms with E-state index in [1.54, 1.807) is 0 Å². The third-order valence-corrected chi connectivity index (χ3v) is 5.92. The molecular formula is C24H34N6O2. The molecular weight excluding hydrogens is 404 g/mol. The van der Waals surface area contributed by atoms with Gasteiger partial charge in [-0.1, -0.05) is 32.0 Å². The van der Waals surface area contributed by atoms with Gasteiger partial charge in [0.15, 0.2) is 5.65 Å². The molecule has 5 rings (SSSR count). The Balaban J connectivity index is 0.00000119. The molecule has 0 radical (unpaired) electrons. The number of nitrogens with zero attached hydrogens (tertiary/aromatic N) is 4. The SMILES string of the molecule is CC.NCC1CN(c2c(-c3cccc(CN4CCOCC4)c3)cnc3[nH]ncc23)CCO1. The number of morpholine rings is 2. The summed E-state index contributed by atoms with van der Waals surface area (Å²) in [4.78, 5) is 9.43. The number of aromatic amines is 1. The lowest BCUT2D eigenvalue weighted by molar-refractivity contribution is 0.0342. The number of pyridine rings is 1. The lowest BCUT2D eigenvalue weighted by atomic mass is 10.00. The summed E-state index contributed by atoms with van der Waals surface area (Å²) in [5, 5.41) is 8.27. The Morgan fingerprint density at radius 2 is 1.97 bits per heavy atom. The van der Waals surface area contributed by atoms with E-state index in [2.05, 4.69) is 49.2 Å². The zero-order valence-corrected chi connectivity index (χ0v) is 19.1. The summed E-state index contributed by atoms with van der Waals surface area (Å²) in [5.41, 5.74) is 11.4. The van der Waals surface area contributed by atoms with Crippen LogP contribution < -0.4 is 10.6 Å². The second-order valence-corrected chi connectivity index (χ2v) is 7.92. The Bertz CT molecular complexity index is 1000. The van der Waals surface area contributed by atoms with E-state index >= 15 is 0 Å². The summed E-state index contributed by atoms with van der Waals surface area (Å²) in [6.07, 6.45) is 3.86. The largest absolute Gasteiger partial charge is 0.379 e. The summed E-state index contributed by atoms with van der Waals surface area (Å²) in [7, 11) is 0. The highest BCUT2D eigenvalue weighted by Crippen LogP contribution is 2.37. The van der Waals surface area contributed by atoms with Crippen molar-refractivity contribution < 1.29 is 9.47 Å². The summed E-state index contributed by atoms with van der Waals surface area (Å²) in [6, 6.07) is 8.77. The van der Waals surface area contributed by atoms with E-state index in [9.17, 15) is 0 Å². The van der Waals surface area contributed by atoms with Gasteiger partial charge in [-0.15, -0.1) is 0 Å². The normalized spacial score (nSPS) is 19.6. The molecule has 0 spiro atoms. The van der Waals surface area contributed by atoms with Crippen molar-refractivity contribution in [3.8, 4) is 11.1 Å². The van der Waals surface area contributed by atoms with Gasteiger partial charge in [-0.05, 0) is 17.2 Å². The zero-order chi connectivity index (χ0) is 22.3. The third kappa shape index (κ3) is 4.94. The zero-order valence-electron chi connectivity index (χ0n) is 19.1. The molecule has 32 heavy (non-hydrogen) atoms. The molecule has 1 atom stereocenters. The lowest BCUT2D eigenvalue weighted by Gasteiger charge is -2.35. The van der Waals surface area contributed by atoms with Crippen LogP contribution in [-0.2, 0) is 16.0 Å². The molecule has 1 aromatic carbocycles. The number of nitrogens with one attached hydrogen (secondary N) is 1. The van der Waals surface area contributed by atoms with Crippen LogP contribution in [0.2, 0.25) is 0 Å². The Labute approximate surface area is 189 Å². The molecule has 0 saturated carbocycles. The highest BCUT2D eigenvalue weighted by molar-refractivity contribution is 5.98. The Hall–Kier alpha value is -2.52. The van der Waals surface area contributed by atoms with Crippen molar-refractivity contribution in [2.45, 2.75) is 26.5 Å². The molecule has 3 N–H and O–H groups in total. The van der Waals surface area contributed by atoms with E-state index in [0.717, 1.165) is 68.2 Å². The van der Waals surface area contributed by atoms with Crippen LogP contribution in [0.3, 0.4) is 0 Å². The van der Waals surface area contributed by atoms with Gasteiger partial charge in [-0.25, -0.2) is 4.98 Å². The third-order valence-electron chi connectivity index (χ3n) is 5.92. The average Bonchev–Trinajstić information content (AvgIpc) is 3.34. The first-order valence-corrected chi connectivity index (χ1v) is 11.6. The van der Waals surface area contributed by atoms with Gasteiger partial charge in [0, 0.05) is 51.0 Å². The minimum atomic E-state index is 0.0365. The lowest BCUT2D eigenvalue weighted by Crippen LogP contribution is -2.46. The van der Waals surface area contributed by atoms with Gasteiger partial charge in [0.05, 0.1) is 43.2 Å². The second-order valence-electron chi connectivity index (χ2n) is 7.92. The molecule has 2 saturated heterocycles. The van der Waals surface area contributed by atoms with Crippen LogP contribution in [-0.4, -0.2) is 78.7 Å². The van der Waals surface area contributed by atoms with Crippen LogP contribution in [0.1, 0.15) is 19.4 Å². The van der Waals surface area contributed by atoms with Gasteiger partial charge < -0.3 is 20.1 Å². The van der Waals surface area contributed by atoms with E-state index in [1.807, 2.05) is 26.2 Å². The first-order valence-electron chi connectivity index (χ1n) is 11.6. The van der Waals surface area contributed by atoms with Gasteiger partial charge in [0.1, 0.15) is 0 Å². The fourth-order valence-electron chi connectivity index (χ4n) is 4.36. The Morgan fingerprint density at radius 1 is 1.12 bits per heavy atom. The highest BCUT2D eigenvalue weighted by Gasteiger charge is 2.25. The number of hydrogen-bond donors (Lipinski definition) is 2. The minimum Gasteiger partial charge on any atom is -0.379 e. The monoisotopic (exact) mass is 438 g/mol. The van der Waals surface area contributed by atoms with Gasteiger partial charge in [0.25, 0.3) is 0 Å². The Morgan fingerprint density at radius 3 is 2.78 bits per heavy atom. The molecule has 0 aliphatic carbocycles. The number of H-pyrrole nitrogens is 1. The molecule has 2 aliphatic rings. The molecule has 4 heterocycles. The summed E-state index contributed by atoms with van der Waals surface area (Å²) in [5.74, 6) is 0. The molecule has 0 bridgehead atoms. The molecule has 172 valence electrons. The van der Waals surface area contributed by atoms with Crippen molar-refractivity contribution >= 4 is 16.7 Å². The molecule has 2 aliphatic heterocycles. The molecule has 0 amide bonds.